The van der Waals surface area contributed by atoms with Gasteiger partial charge in [-0.05, 0) is 56.0 Å². The molecule has 19 heavy (non-hydrogen) atoms. The van der Waals surface area contributed by atoms with Crippen LogP contribution in [-0.2, 0) is 6.42 Å². The third-order valence-corrected chi connectivity index (χ3v) is 3.87. The van der Waals surface area contributed by atoms with Gasteiger partial charge in [0.1, 0.15) is 0 Å². The Morgan fingerprint density at radius 2 is 1.89 bits per heavy atom. The van der Waals surface area contributed by atoms with Gasteiger partial charge >= 0.3 is 0 Å². The number of guanidine groups is 1. The lowest BCUT2D eigenvalue weighted by molar-refractivity contribution is 0.372. The highest BCUT2D eigenvalue weighted by Crippen LogP contribution is 2.19. The topological polar surface area (TPSA) is 48.5 Å². The third kappa shape index (κ3) is 3.47. The summed E-state index contributed by atoms with van der Waals surface area (Å²) in [5.41, 5.74) is 2.56. The quantitative estimate of drug-likeness (QED) is 0.772. The molecule has 0 unspecified atom stereocenters. The van der Waals surface area contributed by atoms with Crippen LogP contribution in [-0.4, -0.2) is 32.1 Å². The molecule has 4 heteroatoms. The van der Waals surface area contributed by atoms with Gasteiger partial charge in [0.05, 0.1) is 6.54 Å². The van der Waals surface area contributed by atoms with Crippen molar-refractivity contribution in [1.29, 1.82) is 0 Å². The number of nitrogens with one attached hydrogen (secondary N) is 3. The van der Waals surface area contributed by atoms with Crippen LogP contribution in [0.2, 0.25) is 0 Å². The van der Waals surface area contributed by atoms with E-state index in [1.165, 1.54) is 37.9 Å². The first-order valence-corrected chi connectivity index (χ1v) is 7.25. The van der Waals surface area contributed by atoms with Crippen molar-refractivity contribution in [2.45, 2.75) is 19.3 Å². The van der Waals surface area contributed by atoms with Crippen LogP contribution in [0.15, 0.2) is 29.3 Å². The van der Waals surface area contributed by atoms with E-state index in [2.05, 4.69) is 45.2 Å². The maximum absolute atomic E-state index is 4.33. The van der Waals surface area contributed by atoms with Crippen LogP contribution >= 0.6 is 0 Å². The number of piperidine rings is 1. The lowest BCUT2D eigenvalue weighted by Crippen LogP contribution is -2.28. The number of benzene rings is 1. The smallest absolute Gasteiger partial charge is 0.195 e. The molecule has 1 aromatic carbocycles. The van der Waals surface area contributed by atoms with Crippen LogP contribution in [0.25, 0.3) is 0 Å². The van der Waals surface area contributed by atoms with Gasteiger partial charge in [-0.15, -0.1) is 0 Å². The first-order chi connectivity index (χ1) is 9.40. The molecule has 1 saturated heterocycles. The summed E-state index contributed by atoms with van der Waals surface area (Å²) in [4.78, 5) is 4.33. The molecular weight excluding hydrogens is 236 g/mol. The van der Waals surface area contributed by atoms with Gasteiger partial charge in [-0.2, -0.15) is 0 Å². The first-order valence-electron chi connectivity index (χ1n) is 7.25. The molecule has 102 valence electrons. The Labute approximate surface area is 114 Å². The van der Waals surface area contributed by atoms with Gasteiger partial charge in [0.15, 0.2) is 5.96 Å². The van der Waals surface area contributed by atoms with Crippen molar-refractivity contribution < 1.29 is 0 Å². The van der Waals surface area contributed by atoms with Gasteiger partial charge in [0.2, 0.25) is 0 Å². The standard InChI is InChI=1S/C15H22N4/c1-3-14(19-15-17-9-10-18-15)4-2-12(1)11-13-5-7-16-8-6-13/h1-4,13,16H,5-11H2,(H2,17,18,19). The second kappa shape index (κ2) is 6.06. The molecule has 2 aliphatic heterocycles. The summed E-state index contributed by atoms with van der Waals surface area (Å²) in [5.74, 6) is 1.74. The van der Waals surface area contributed by atoms with Crippen molar-refractivity contribution in [3.8, 4) is 0 Å². The third-order valence-electron chi connectivity index (χ3n) is 3.87. The molecule has 2 aliphatic rings. The summed E-state index contributed by atoms with van der Waals surface area (Å²) in [7, 11) is 0. The van der Waals surface area contributed by atoms with E-state index in [1.54, 1.807) is 0 Å². The van der Waals surface area contributed by atoms with E-state index in [0.717, 1.165) is 30.7 Å². The molecule has 4 nitrogen and oxygen atoms in total. The van der Waals surface area contributed by atoms with Crippen LogP contribution < -0.4 is 16.0 Å². The van der Waals surface area contributed by atoms with Crippen LogP contribution in [0, 0.1) is 5.92 Å². The maximum atomic E-state index is 4.33. The number of hydrogen-bond donors (Lipinski definition) is 3. The van der Waals surface area contributed by atoms with Crippen molar-refractivity contribution in [3.05, 3.63) is 29.8 Å². The fourth-order valence-corrected chi connectivity index (χ4v) is 2.76. The molecule has 0 aromatic heterocycles. The van der Waals surface area contributed by atoms with E-state index >= 15 is 0 Å². The maximum Gasteiger partial charge on any atom is 0.195 e. The molecule has 0 amide bonds. The Bertz CT molecular complexity index is 432. The normalized spacial score (nSPS) is 19.9. The van der Waals surface area contributed by atoms with Crippen molar-refractivity contribution in [3.63, 3.8) is 0 Å². The van der Waals surface area contributed by atoms with Crippen LogP contribution in [0.5, 0.6) is 0 Å². The number of nitrogens with zero attached hydrogens (tertiary/aromatic N) is 1. The van der Waals surface area contributed by atoms with Crippen molar-refractivity contribution >= 4 is 11.6 Å². The van der Waals surface area contributed by atoms with Gasteiger partial charge in [-0.1, -0.05) is 12.1 Å². The Balaban J connectivity index is 1.55. The van der Waals surface area contributed by atoms with Gasteiger partial charge in [0, 0.05) is 12.2 Å². The first kappa shape index (κ1) is 12.5. The van der Waals surface area contributed by atoms with E-state index < -0.39 is 0 Å². The Hall–Kier alpha value is -1.55. The van der Waals surface area contributed by atoms with Gasteiger partial charge in [0.25, 0.3) is 0 Å². The van der Waals surface area contributed by atoms with Crippen molar-refractivity contribution in [1.82, 2.24) is 10.6 Å². The molecule has 3 rings (SSSR count). The highest BCUT2D eigenvalue weighted by molar-refractivity contribution is 5.94. The summed E-state index contributed by atoms with van der Waals surface area (Å²) in [6.07, 6.45) is 3.82. The molecule has 1 fully saturated rings. The predicted octanol–water partition coefficient (Wildman–Crippen LogP) is 1.60. The van der Waals surface area contributed by atoms with E-state index in [4.69, 9.17) is 0 Å². The fraction of sp³-hybridized carbons (Fsp3) is 0.533. The predicted molar refractivity (Wildman–Crippen MR) is 79.7 cm³/mol. The molecule has 0 saturated carbocycles. The summed E-state index contributed by atoms with van der Waals surface area (Å²) >= 11 is 0. The Morgan fingerprint density at radius 3 is 2.58 bits per heavy atom. The summed E-state index contributed by atoms with van der Waals surface area (Å²) in [5, 5.41) is 9.94. The number of anilines is 1. The zero-order valence-corrected chi connectivity index (χ0v) is 11.3. The van der Waals surface area contributed by atoms with Crippen molar-refractivity contribution in [2.24, 2.45) is 10.9 Å². The monoisotopic (exact) mass is 258 g/mol. The largest absolute Gasteiger partial charge is 0.354 e. The van der Waals surface area contributed by atoms with E-state index in [0.29, 0.717) is 0 Å². The van der Waals surface area contributed by atoms with Crippen LogP contribution in [0.1, 0.15) is 18.4 Å². The minimum atomic E-state index is 0.848. The lowest BCUT2D eigenvalue weighted by Gasteiger charge is -2.22. The molecule has 0 atom stereocenters. The van der Waals surface area contributed by atoms with Crippen LogP contribution in [0.3, 0.4) is 0 Å². The zero-order valence-electron chi connectivity index (χ0n) is 11.3. The molecule has 3 N–H and O–H groups in total. The molecule has 2 heterocycles. The molecular formula is C15H22N4. The number of aliphatic imine (C=N–C) groups is 1. The second-order valence-corrected chi connectivity index (χ2v) is 5.38. The Morgan fingerprint density at radius 1 is 1.11 bits per heavy atom. The number of rotatable bonds is 3. The molecule has 1 aromatic rings. The molecule has 0 bridgehead atoms. The average molecular weight is 258 g/mol. The van der Waals surface area contributed by atoms with Crippen LogP contribution in [0.4, 0.5) is 5.69 Å². The SMILES string of the molecule is c1cc(NC2=NCCN2)ccc1CC1CCNCC1. The molecule has 0 radical (unpaired) electrons. The molecule has 0 spiro atoms. The molecule has 0 aliphatic carbocycles. The zero-order chi connectivity index (χ0) is 12.9. The summed E-state index contributed by atoms with van der Waals surface area (Å²) < 4.78 is 0. The summed E-state index contributed by atoms with van der Waals surface area (Å²) in [6.45, 7) is 4.16. The van der Waals surface area contributed by atoms with Gasteiger partial charge in [-0.25, -0.2) is 0 Å². The van der Waals surface area contributed by atoms with Crippen molar-refractivity contribution in [2.75, 3.05) is 31.5 Å². The van der Waals surface area contributed by atoms with E-state index in [1.807, 2.05) is 0 Å². The minimum absolute atomic E-state index is 0.848. The lowest BCUT2D eigenvalue weighted by atomic mass is 9.91. The van der Waals surface area contributed by atoms with E-state index in [9.17, 15) is 0 Å². The van der Waals surface area contributed by atoms with Gasteiger partial charge < -0.3 is 16.0 Å². The minimum Gasteiger partial charge on any atom is -0.354 e. The van der Waals surface area contributed by atoms with E-state index in [-0.39, 0.29) is 0 Å². The average Bonchev–Trinajstić information content (AvgIpc) is 2.95. The second-order valence-electron chi connectivity index (χ2n) is 5.38. The fourth-order valence-electron chi connectivity index (χ4n) is 2.76. The number of hydrogen-bond acceptors (Lipinski definition) is 4. The highest BCUT2D eigenvalue weighted by Gasteiger charge is 2.13. The Kier molecular flexibility index (Phi) is 3.98. The summed E-state index contributed by atoms with van der Waals surface area (Å²) in [6, 6.07) is 8.78. The van der Waals surface area contributed by atoms with Gasteiger partial charge in [-0.3, -0.25) is 4.99 Å². The highest BCUT2D eigenvalue weighted by atomic mass is 15.2.